The van der Waals surface area contributed by atoms with Crippen LogP contribution in [-0.4, -0.2) is 15.5 Å². The van der Waals surface area contributed by atoms with Crippen molar-refractivity contribution in [1.29, 1.82) is 0 Å². The molecule has 1 aromatic heterocycles. The van der Waals surface area contributed by atoms with Crippen LogP contribution >= 0.6 is 0 Å². The Kier molecular flexibility index (Phi) is 3.45. The van der Waals surface area contributed by atoms with Crippen LogP contribution in [0.25, 0.3) is 5.69 Å². The van der Waals surface area contributed by atoms with Gasteiger partial charge in [0.2, 0.25) is 5.91 Å². The highest BCUT2D eigenvalue weighted by molar-refractivity contribution is 5.94. The maximum Gasteiger partial charge on any atom is 0.224 e. The van der Waals surface area contributed by atoms with Gasteiger partial charge in [0.25, 0.3) is 0 Å². The third kappa shape index (κ3) is 2.32. The second kappa shape index (κ2) is 5.59. The molecule has 1 saturated carbocycles. The Morgan fingerprint density at radius 2 is 2.00 bits per heavy atom. The third-order valence-corrected chi connectivity index (χ3v) is 4.93. The summed E-state index contributed by atoms with van der Waals surface area (Å²) in [5, 5.41) is 2.99. The molecule has 114 valence electrons. The molecule has 1 aliphatic heterocycles. The quantitative estimate of drug-likeness (QED) is 0.916. The zero-order valence-corrected chi connectivity index (χ0v) is 12.7. The fourth-order valence-corrected chi connectivity index (χ4v) is 3.81. The molecule has 4 rings (SSSR count). The van der Waals surface area contributed by atoms with E-state index in [-0.39, 0.29) is 5.91 Å². The minimum atomic E-state index is 0.114. The van der Waals surface area contributed by atoms with E-state index in [2.05, 4.69) is 27.1 Å². The lowest BCUT2D eigenvalue weighted by Gasteiger charge is -2.25. The summed E-state index contributed by atoms with van der Waals surface area (Å²) in [4.78, 5) is 16.3. The Labute approximate surface area is 130 Å². The van der Waals surface area contributed by atoms with E-state index in [0.29, 0.717) is 12.3 Å². The van der Waals surface area contributed by atoms with Gasteiger partial charge in [0.15, 0.2) is 0 Å². The number of hydrogen-bond donors (Lipinski definition) is 1. The molecule has 1 N–H and O–H groups in total. The summed E-state index contributed by atoms with van der Waals surface area (Å²) in [6, 6.07) is 6.15. The molecule has 0 unspecified atom stereocenters. The monoisotopic (exact) mass is 295 g/mol. The van der Waals surface area contributed by atoms with Gasteiger partial charge in [-0.3, -0.25) is 4.79 Å². The van der Waals surface area contributed by atoms with E-state index in [1.165, 1.54) is 49.2 Å². The predicted octanol–water partition coefficient (Wildman–Crippen LogP) is 3.80. The lowest BCUT2D eigenvalue weighted by molar-refractivity contribution is -0.116. The summed E-state index contributed by atoms with van der Waals surface area (Å²) in [5.74, 6) is 1.87. The molecule has 2 heterocycles. The van der Waals surface area contributed by atoms with Gasteiger partial charge in [-0.15, -0.1) is 0 Å². The zero-order chi connectivity index (χ0) is 14.9. The van der Waals surface area contributed by atoms with Gasteiger partial charge in [-0.25, -0.2) is 4.98 Å². The Balaban J connectivity index is 1.75. The molecule has 2 aromatic rings. The molecule has 1 aliphatic carbocycles. The molecular weight excluding hydrogens is 274 g/mol. The minimum absolute atomic E-state index is 0.114. The molecule has 0 bridgehead atoms. The van der Waals surface area contributed by atoms with Gasteiger partial charge in [0, 0.05) is 36.0 Å². The average molecular weight is 295 g/mol. The van der Waals surface area contributed by atoms with Gasteiger partial charge in [0.05, 0.1) is 5.69 Å². The van der Waals surface area contributed by atoms with Crippen LogP contribution < -0.4 is 5.32 Å². The largest absolute Gasteiger partial charge is 0.326 e. The van der Waals surface area contributed by atoms with Gasteiger partial charge in [-0.05, 0) is 31.4 Å². The first-order valence-electron chi connectivity index (χ1n) is 8.28. The van der Waals surface area contributed by atoms with Crippen LogP contribution in [0.2, 0.25) is 0 Å². The number of nitrogens with zero attached hydrogens (tertiary/aromatic N) is 2. The Hall–Kier alpha value is -2.10. The summed E-state index contributed by atoms with van der Waals surface area (Å²) < 4.78 is 2.24. The van der Waals surface area contributed by atoms with Crippen LogP contribution in [0.15, 0.2) is 30.6 Å². The summed E-state index contributed by atoms with van der Waals surface area (Å²) in [7, 11) is 0. The van der Waals surface area contributed by atoms with Crippen molar-refractivity contribution in [3.05, 3.63) is 42.0 Å². The maximum atomic E-state index is 11.6. The van der Waals surface area contributed by atoms with E-state index in [4.69, 9.17) is 0 Å². The van der Waals surface area contributed by atoms with Gasteiger partial charge in [0.1, 0.15) is 5.82 Å². The SMILES string of the molecule is O=C1CCc2c(cccc2-n2ccnc2C2CCCCC2)N1. The first-order valence-corrected chi connectivity index (χ1v) is 8.28. The van der Waals surface area contributed by atoms with Crippen molar-refractivity contribution in [2.75, 3.05) is 5.32 Å². The number of anilines is 1. The molecule has 2 aliphatic rings. The van der Waals surface area contributed by atoms with Crippen LogP contribution in [0.1, 0.15) is 55.8 Å². The second-order valence-electron chi connectivity index (χ2n) is 6.34. The van der Waals surface area contributed by atoms with Gasteiger partial charge in [-0.1, -0.05) is 25.3 Å². The number of fused-ring (bicyclic) bond motifs is 1. The Bertz CT molecular complexity index is 698. The molecule has 0 saturated heterocycles. The number of carbonyl (C=O) groups is 1. The van der Waals surface area contributed by atoms with Crippen LogP contribution in [0.4, 0.5) is 5.69 Å². The number of rotatable bonds is 2. The normalized spacial score (nSPS) is 18.8. The lowest BCUT2D eigenvalue weighted by Crippen LogP contribution is -2.21. The fraction of sp³-hybridized carbons (Fsp3) is 0.444. The van der Waals surface area contributed by atoms with Gasteiger partial charge < -0.3 is 9.88 Å². The zero-order valence-electron chi connectivity index (χ0n) is 12.7. The number of amides is 1. The van der Waals surface area contributed by atoms with Crippen LogP contribution in [0, 0.1) is 0 Å². The number of carbonyl (C=O) groups excluding carboxylic acids is 1. The summed E-state index contributed by atoms with van der Waals surface area (Å²) in [6.45, 7) is 0. The van der Waals surface area contributed by atoms with E-state index in [0.717, 1.165) is 12.1 Å². The number of aromatic nitrogens is 2. The molecule has 0 atom stereocenters. The molecule has 0 spiro atoms. The van der Waals surface area contributed by atoms with Crippen molar-refractivity contribution in [1.82, 2.24) is 9.55 Å². The number of benzene rings is 1. The van der Waals surface area contributed by atoms with Crippen LogP contribution in [0.5, 0.6) is 0 Å². The van der Waals surface area contributed by atoms with E-state index in [9.17, 15) is 4.79 Å². The van der Waals surface area contributed by atoms with Crippen molar-refractivity contribution in [3.8, 4) is 5.69 Å². The van der Waals surface area contributed by atoms with Crippen molar-refractivity contribution in [3.63, 3.8) is 0 Å². The minimum Gasteiger partial charge on any atom is -0.326 e. The highest BCUT2D eigenvalue weighted by Crippen LogP contribution is 2.35. The first kappa shape index (κ1) is 13.6. The second-order valence-corrected chi connectivity index (χ2v) is 6.34. The average Bonchev–Trinajstić information content (AvgIpc) is 3.04. The third-order valence-electron chi connectivity index (χ3n) is 4.93. The van der Waals surface area contributed by atoms with E-state index < -0.39 is 0 Å². The predicted molar refractivity (Wildman–Crippen MR) is 86.3 cm³/mol. The fourth-order valence-electron chi connectivity index (χ4n) is 3.81. The summed E-state index contributed by atoms with van der Waals surface area (Å²) in [6.07, 6.45) is 11.8. The van der Waals surface area contributed by atoms with Crippen molar-refractivity contribution < 1.29 is 4.79 Å². The highest BCUT2D eigenvalue weighted by Gasteiger charge is 2.23. The molecule has 0 radical (unpaired) electrons. The molecule has 1 aromatic carbocycles. The smallest absolute Gasteiger partial charge is 0.224 e. The molecular formula is C18H21N3O. The molecule has 22 heavy (non-hydrogen) atoms. The Morgan fingerprint density at radius 3 is 2.86 bits per heavy atom. The topological polar surface area (TPSA) is 46.9 Å². The van der Waals surface area contributed by atoms with Crippen molar-refractivity contribution >= 4 is 11.6 Å². The highest BCUT2D eigenvalue weighted by atomic mass is 16.1. The number of hydrogen-bond acceptors (Lipinski definition) is 2. The van der Waals surface area contributed by atoms with Crippen molar-refractivity contribution in [2.24, 2.45) is 0 Å². The van der Waals surface area contributed by atoms with E-state index >= 15 is 0 Å². The molecule has 4 heteroatoms. The van der Waals surface area contributed by atoms with Gasteiger partial charge in [-0.2, -0.15) is 0 Å². The molecule has 4 nitrogen and oxygen atoms in total. The Morgan fingerprint density at radius 1 is 1.14 bits per heavy atom. The van der Waals surface area contributed by atoms with Crippen LogP contribution in [0.3, 0.4) is 0 Å². The number of imidazole rings is 1. The summed E-state index contributed by atoms with van der Waals surface area (Å²) >= 11 is 0. The standard InChI is InChI=1S/C18H21N3O/c22-17-10-9-14-15(20-17)7-4-8-16(14)21-12-11-19-18(21)13-5-2-1-3-6-13/h4,7-8,11-13H,1-3,5-6,9-10H2,(H,20,22). The van der Waals surface area contributed by atoms with E-state index in [1.54, 1.807) is 0 Å². The van der Waals surface area contributed by atoms with Crippen LogP contribution in [-0.2, 0) is 11.2 Å². The lowest BCUT2D eigenvalue weighted by atomic mass is 9.88. The van der Waals surface area contributed by atoms with E-state index in [1.807, 2.05) is 18.3 Å². The molecule has 1 amide bonds. The maximum absolute atomic E-state index is 11.6. The first-order chi connectivity index (χ1) is 10.8. The summed E-state index contributed by atoms with van der Waals surface area (Å²) in [5.41, 5.74) is 3.37. The molecule has 1 fully saturated rings. The number of nitrogens with one attached hydrogen (secondary N) is 1. The van der Waals surface area contributed by atoms with Gasteiger partial charge >= 0.3 is 0 Å². The van der Waals surface area contributed by atoms with Crippen molar-refractivity contribution in [2.45, 2.75) is 50.9 Å².